The lowest BCUT2D eigenvalue weighted by atomic mass is 9.95. The van der Waals surface area contributed by atoms with Crippen molar-refractivity contribution in [2.24, 2.45) is 0 Å². The van der Waals surface area contributed by atoms with Gasteiger partial charge in [-0.25, -0.2) is 0 Å². The van der Waals surface area contributed by atoms with Crippen LogP contribution in [0.2, 0.25) is 0 Å². The van der Waals surface area contributed by atoms with E-state index >= 15 is 0 Å². The third kappa shape index (κ3) is 15.5. The Morgan fingerprint density at radius 1 is 0.469 bits per heavy atom. The molecule has 0 aromatic heterocycles. The molecule has 0 aromatic rings. The summed E-state index contributed by atoms with van der Waals surface area (Å²) in [7, 11) is 0. The lowest BCUT2D eigenvalue weighted by molar-refractivity contribution is -0.386. The molecule has 3 heterocycles. The van der Waals surface area contributed by atoms with E-state index in [1.54, 1.807) is 0 Å². The van der Waals surface area contributed by atoms with Gasteiger partial charge in [0.25, 0.3) is 3.79 Å². The van der Waals surface area contributed by atoms with Gasteiger partial charge in [-0.3, -0.25) is 43.8 Å². The monoisotopic (exact) mass is 983 g/mol. The van der Waals surface area contributed by atoms with Crippen molar-refractivity contribution in [2.75, 3.05) is 19.8 Å². The summed E-state index contributed by atoms with van der Waals surface area (Å²) in [6.45, 7) is 5.30. The summed E-state index contributed by atoms with van der Waals surface area (Å²) < 4.78 is 76.2. The van der Waals surface area contributed by atoms with E-state index in [1.165, 1.54) is 0 Å². The van der Waals surface area contributed by atoms with E-state index in [2.05, 4.69) is 0 Å². The number of hydrogen-bond acceptors (Lipinski definition) is 25. The minimum atomic E-state index is -2.62. The van der Waals surface area contributed by atoms with Gasteiger partial charge >= 0.3 is 47.8 Å². The molecule has 3 aliphatic rings. The zero-order valence-electron chi connectivity index (χ0n) is 35.3. The summed E-state index contributed by atoms with van der Waals surface area (Å²) >= 11 is 17.8. The second-order valence-electron chi connectivity index (χ2n) is 14.0. The molecular weight excluding hydrogens is 937 g/mol. The number of ether oxygens (including phenoxy) is 14. The Kier molecular flexibility index (Phi) is 20.2. The van der Waals surface area contributed by atoms with Crippen molar-refractivity contribution in [3.05, 3.63) is 0 Å². The summed E-state index contributed by atoms with van der Waals surface area (Å²) in [5.41, 5.74) is 0. The maximum Gasteiger partial charge on any atom is 0.303 e. The maximum absolute atomic E-state index is 12.6. The molecule has 3 aliphatic heterocycles. The summed E-state index contributed by atoms with van der Waals surface area (Å²) in [5.74, 6) is -8.93. The molecule has 362 valence electrons. The Morgan fingerprint density at radius 3 is 1.12 bits per heavy atom. The van der Waals surface area contributed by atoms with Crippen LogP contribution in [0.4, 0.5) is 0 Å². The van der Waals surface area contributed by atoms with Crippen LogP contribution in [-0.2, 0) is 105 Å². The zero-order valence-corrected chi connectivity index (χ0v) is 37.6. The Labute approximate surface area is 379 Å². The predicted octanol–water partition coefficient (Wildman–Crippen LogP) is -0.635. The summed E-state index contributed by atoms with van der Waals surface area (Å²) in [6.07, 6.45) is -28.4. The Morgan fingerprint density at radius 2 is 0.797 bits per heavy atom. The van der Waals surface area contributed by atoms with E-state index in [9.17, 15) is 48.6 Å². The maximum atomic E-state index is 12.6. The Hall–Kier alpha value is -4.18. The molecule has 0 bridgehead atoms. The average molecular weight is 985 g/mol. The number of esters is 8. The number of carbonyl (C=O) groups is 8. The molecule has 0 unspecified atom stereocenters. The fourth-order valence-electron chi connectivity index (χ4n) is 6.53. The third-order valence-electron chi connectivity index (χ3n) is 8.77. The van der Waals surface area contributed by atoms with Crippen LogP contribution in [0.5, 0.6) is 0 Å². The van der Waals surface area contributed by atoms with E-state index in [0.717, 1.165) is 55.4 Å². The summed E-state index contributed by atoms with van der Waals surface area (Å²) in [4.78, 5) is 98.7. The molecule has 0 aliphatic carbocycles. The van der Waals surface area contributed by atoms with E-state index in [0.29, 0.717) is 0 Å². The largest absolute Gasteiger partial charge is 0.463 e. The van der Waals surface area contributed by atoms with Gasteiger partial charge in [0.2, 0.25) is 12.2 Å². The molecule has 0 spiro atoms. The smallest absolute Gasteiger partial charge is 0.303 e. The van der Waals surface area contributed by atoms with E-state index in [4.69, 9.17) is 107 Å². The molecule has 3 rings (SSSR count). The second kappa shape index (κ2) is 23.8. The van der Waals surface area contributed by atoms with Crippen molar-refractivity contribution in [3.8, 4) is 0 Å². The van der Waals surface area contributed by atoms with Gasteiger partial charge in [-0.1, -0.05) is 34.8 Å². The van der Waals surface area contributed by atoms with Crippen molar-refractivity contribution in [3.63, 3.8) is 0 Å². The molecule has 28 heteroatoms. The van der Waals surface area contributed by atoms with Gasteiger partial charge in [-0.15, -0.1) is 0 Å². The quantitative estimate of drug-likeness (QED) is 0.0570. The number of nitrogens with one attached hydrogen (secondary N) is 1. The van der Waals surface area contributed by atoms with Crippen molar-refractivity contribution < 1.29 is 115 Å². The molecule has 0 aromatic carbocycles. The van der Waals surface area contributed by atoms with Gasteiger partial charge in [0, 0.05) is 55.4 Å². The predicted molar refractivity (Wildman–Crippen MR) is 205 cm³/mol. The van der Waals surface area contributed by atoms with Crippen LogP contribution in [0.25, 0.3) is 0 Å². The minimum absolute atomic E-state index is 0.718. The van der Waals surface area contributed by atoms with Gasteiger partial charge < -0.3 is 76.5 Å². The van der Waals surface area contributed by atoms with Crippen LogP contribution >= 0.6 is 34.8 Å². The number of alkyl halides is 3. The highest BCUT2D eigenvalue weighted by Gasteiger charge is 2.59. The number of halogens is 3. The second-order valence-corrected chi connectivity index (χ2v) is 16.3. The number of aliphatic hydroxyl groups excluding tert-OH is 2. The molecule has 15 atom stereocenters. The molecule has 0 amide bonds. The number of hydrogen-bond donors (Lipinski definition) is 3. The lowest BCUT2D eigenvalue weighted by Gasteiger charge is -2.50. The molecular formula is C36H48Cl3NO24. The molecule has 0 saturated carbocycles. The molecule has 25 nitrogen and oxygen atoms in total. The van der Waals surface area contributed by atoms with Gasteiger partial charge in [-0.05, 0) is 0 Å². The van der Waals surface area contributed by atoms with Crippen LogP contribution in [0.3, 0.4) is 0 Å². The number of carbonyl (C=O) groups excluding carboxylic acids is 8. The SMILES string of the molecule is CC(=O)OC[C@H]1O[C@@H](O[C@H]2[C@@H](OC(=N)C(Cl)(Cl)Cl)O[C@H](CO)[C@H](O)[C@@H]2O[C@@H]2O[C@H](COC(C)=O)[C@H](OC(C)=O)[C@H](OC(C)=O)[C@H]2OC(C)=O)[C@H](OC(C)=O)[C@@H](OC(C)=O)[C@H]1OC(C)=O. The highest BCUT2D eigenvalue weighted by molar-refractivity contribution is 6.76. The number of rotatable bonds is 16. The van der Waals surface area contributed by atoms with E-state index in [-0.39, 0.29) is 0 Å². The highest BCUT2D eigenvalue weighted by atomic mass is 35.6. The minimum Gasteiger partial charge on any atom is -0.463 e. The molecule has 3 saturated heterocycles. The lowest BCUT2D eigenvalue weighted by Crippen LogP contribution is -2.68. The van der Waals surface area contributed by atoms with Crippen molar-refractivity contribution in [1.82, 2.24) is 0 Å². The molecule has 3 fully saturated rings. The first kappa shape index (κ1) is 54.2. The Balaban J connectivity index is 2.32. The van der Waals surface area contributed by atoms with Crippen LogP contribution in [0.15, 0.2) is 0 Å². The normalized spacial score (nSPS) is 32.7. The first-order valence-electron chi connectivity index (χ1n) is 18.9. The van der Waals surface area contributed by atoms with Crippen LogP contribution in [0.1, 0.15) is 55.4 Å². The van der Waals surface area contributed by atoms with Crippen molar-refractivity contribution in [2.45, 2.75) is 151 Å². The first-order chi connectivity index (χ1) is 29.7. The zero-order chi connectivity index (χ0) is 48.4. The van der Waals surface area contributed by atoms with Gasteiger partial charge in [0.05, 0.1) is 6.61 Å². The highest BCUT2D eigenvalue weighted by Crippen LogP contribution is 2.39. The fourth-order valence-corrected chi connectivity index (χ4v) is 6.66. The van der Waals surface area contributed by atoms with Gasteiger partial charge in [0.1, 0.15) is 43.7 Å². The molecule has 0 radical (unpaired) electrons. The van der Waals surface area contributed by atoms with Gasteiger partial charge in [-0.2, -0.15) is 0 Å². The van der Waals surface area contributed by atoms with E-state index in [1.807, 2.05) is 0 Å². The number of aliphatic hydroxyl groups is 2. The molecule has 3 N–H and O–H groups in total. The standard InChI is InChI=1S/C36H48Cl3NO24/c1-12(42)51-10-21-24(53-14(3)44)27(55-16(5)46)30(57-18(7)48)32(60-21)62-26-23(50)20(9-41)59-34(64-35(40)36(37,38)39)29(26)63-33-31(58-19(8)49)28(56-17(6)47)25(54-15(4)45)22(61-33)11-52-13(2)43/h20-34,40-41,50H,9-11H2,1-8H3/t20-,21-,22-,23+,24+,25+,26+,27+,28+,29-,30-,31-,32+,33+,34-/m1/s1. The van der Waals surface area contributed by atoms with Crippen molar-refractivity contribution in [1.29, 1.82) is 5.41 Å². The topological polar surface area (TPSA) is 330 Å². The third-order valence-corrected chi connectivity index (χ3v) is 9.28. The fraction of sp³-hybridized carbons (Fsp3) is 0.750. The first-order valence-corrected chi connectivity index (χ1v) is 20.1. The van der Waals surface area contributed by atoms with Gasteiger partial charge in [0.15, 0.2) is 55.3 Å². The van der Waals surface area contributed by atoms with E-state index < -0.39 is 169 Å². The van der Waals surface area contributed by atoms with Crippen molar-refractivity contribution >= 4 is 88.5 Å². The summed E-state index contributed by atoms with van der Waals surface area (Å²) in [6, 6.07) is 0. The van der Waals surface area contributed by atoms with Crippen LogP contribution < -0.4 is 0 Å². The van der Waals surface area contributed by atoms with Crippen LogP contribution in [-0.4, -0.2) is 180 Å². The Bertz CT molecular complexity index is 1730. The molecule has 64 heavy (non-hydrogen) atoms. The summed E-state index contributed by atoms with van der Waals surface area (Å²) in [5, 5.41) is 30.5. The van der Waals surface area contributed by atoms with Crippen LogP contribution in [0, 0.1) is 5.41 Å². The average Bonchev–Trinajstić information content (AvgIpc) is 3.15.